The molecule has 0 fully saturated rings. The Morgan fingerprint density at radius 2 is 1.89 bits per heavy atom. The van der Waals surface area contributed by atoms with Crippen LogP contribution < -0.4 is 15.6 Å². The Morgan fingerprint density at radius 3 is 2.75 bits per heavy atom. The molecule has 0 spiro atoms. The van der Waals surface area contributed by atoms with Gasteiger partial charge in [-0.25, -0.2) is 14.5 Å². The van der Waals surface area contributed by atoms with Crippen molar-refractivity contribution >= 4 is 23.1 Å². The van der Waals surface area contributed by atoms with Crippen LogP contribution in [0.15, 0.2) is 106 Å². The first kappa shape index (κ1) is 22.7. The van der Waals surface area contributed by atoms with Crippen LogP contribution >= 0.6 is 0 Å². The van der Waals surface area contributed by atoms with Crippen molar-refractivity contribution in [3.63, 3.8) is 0 Å². The molecule has 5 rings (SSSR count). The van der Waals surface area contributed by atoms with E-state index in [0.717, 1.165) is 5.69 Å². The lowest BCUT2D eigenvalue weighted by atomic mass is 10.1. The van der Waals surface area contributed by atoms with E-state index < -0.39 is 11.7 Å². The monoisotopic (exact) mass is 482 g/mol. The summed E-state index contributed by atoms with van der Waals surface area (Å²) in [4.78, 5) is 24.8. The number of rotatable bonds is 7. The van der Waals surface area contributed by atoms with E-state index in [1.165, 1.54) is 30.7 Å². The van der Waals surface area contributed by atoms with Gasteiger partial charge in [0.05, 0.1) is 34.7 Å². The molecule has 178 valence electrons. The highest BCUT2D eigenvalue weighted by molar-refractivity contribution is 5.87. The fourth-order valence-electron chi connectivity index (χ4n) is 3.64. The summed E-state index contributed by atoms with van der Waals surface area (Å²) < 4.78 is 26.9. The van der Waals surface area contributed by atoms with Gasteiger partial charge in [0.1, 0.15) is 23.4 Å². The van der Waals surface area contributed by atoms with Crippen molar-refractivity contribution in [3.05, 3.63) is 113 Å². The molecule has 0 radical (unpaired) electrons. The van der Waals surface area contributed by atoms with Crippen LogP contribution in [0.5, 0.6) is 5.75 Å². The average molecular weight is 482 g/mol. The predicted molar refractivity (Wildman–Crippen MR) is 133 cm³/mol. The summed E-state index contributed by atoms with van der Waals surface area (Å²) in [6.45, 7) is -0.387. The Hall–Kier alpha value is -5.05. The number of carbonyl (C=O) groups excluding carboxylic acids is 1. The van der Waals surface area contributed by atoms with Crippen LogP contribution in [0.1, 0.15) is 5.56 Å². The Kier molecular flexibility index (Phi) is 6.35. The third kappa shape index (κ3) is 4.76. The number of carbonyl (C=O) groups is 1. The molecule has 0 bridgehead atoms. The van der Waals surface area contributed by atoms with Crippen LogP contribution in [0.4, 0.5) is 4.39 Å². The quantitative estimate of drug-likeness (QED) is 0.275. The number of ether oxygens (including phenoxy) is 1. The normalized spacial score (nSPS) is 11.1. The van der Waals surface area contributed by atoms with E-state index in [4.69, 9.17) is 9.15 Å². The number of hydrazone groups is 1. The first-order valence-corrected chi connectivity index (χ1v) is 10.9. The fraction of sp³-hybridized carbons (Fsp3) is 0.0370. The van der Waals surface area contributed by atoms with E-state index in [1.807, 2.05) is 30.3 Å². The van der Waals surface area contributed by atoms with Gasteiger partial charge in [0.15, 0.2) is 6.61 Å². The van der Waals surface area contributed by atoms with Gasteiger partial charge in [0.25, 0.3) is 5.91 Å². The second-order valence-electron chi connectivity index (χ2n) is 7.70. The van der Waals surface area contributed by atoms with Crippen LogP contribution in [0, 0.1) is 5.82 Å². The van der Waals surface area contributed by atoms with Crippen LogP contribution in [0.2, 0.25) is 0 Å². The predicted octanol–water partition coefficient (Wildman–Crippen LogP) is 4.31. The Labute approximate surface area is 204 Å². The number of nitrogens with one attached hydrogen (secondary N) is 1. The van der Waals surface area contributed by atoms with E-state index >= 15 is 0 Å². The molecule has 0 saturated heterocycles. The smallest absolute Gasteiger partial charge is 0.277 e. The van der Waals surface area contributed by atoms with Crippen molar-refractivity contribution in [2.75, 3.05) is 6.61 Å². The van der Waals surface area contributed by atoms with Crippen molar-refractivity contribution < 1.29 is 18.3 Å². The van der Waals surface area contributed by atoms with Gasteiger partial charge in [-0.15, -0.1) is 0 Å². The Bertz CT molecular complexity index is 1630. The number of hydrogen-bond donors (Lipinski definition) is 1. The number of halogens is 1. The van der Waals surface area contributed by atoms with Crippen LogP contribution in [-0.4, -0.2) is 28.5 Å². The molecule has 5 aromatic rings. The summed E-state index contributed by atoms with van der Waals surface area (Å²) in [5.41, 5.74) is 4.51. The van der Waals surface area contributed by atoms with Gasteiger partial charge in [0.2, 0.25) is 5.43 Å². The zero-order valence-electron chi connectivity index (χ0n) is 18.8. The van der Waals surface area contributed by atoms with Crippen LogP contribution in [0.25, 0.3) is 27.9 Å². The van der Waals surface area contributed by atoms with E-state index in [1.54, 1.807) is 41.2 Å². The summed E-state index contributed by atoms with van der Waals surface area (Å²) >= 11 is 0. The lowest BCUT2D eigenvalue weighted by Gasteiger charge is -2.13. The standard InChI is InChI=1S/C27H19FN4O4/c28-19-10-11-25(22(14-19)23-12-13-30-32(23)20-6-2-1-3-7-20)36-17-26(33)31-29-15-18-16-35-24-9-5-4-8-21(24)27(18)34/h1-16H,17H2,(H,31,33)/b29-15+. The molecule has 8 nitrogen and oxygen atoms in total. The molecule has 1 amide bonds. The number of para-hydroxylation sites is 2. The highest BCUT2D eigenvalue weighted by atomic mass is 19.1. The molecular formula is C27H19FN4O4. The van der Waals surface area contributed by atoms with Crippen LogP contribution in [-0.2, 0) is 4.79 Å². The number of aromatic nitrogens is 2. The molecule has 2 aromatic heterocycles. The van der Waals surface area contributed by atoms with E-state index in [0.29, 0.717) is 28.0 Å². The Balaban J connectivity index is 1.29. The van der Waals surface area contributed by atoms with Crippen molar-refractivity contribution in [2.24, 2.45) is 5.10 Å². The summed E-state index contributed by atoms with van der Waals surface area (Å²) in [6, 6.07) is 22.0. The zero-order chi connectivity index (χ0) is 24.9. The second-order valence-corrected chi connectivity index (χ2v) is 7.70. The SMILES string of the molecule is O=C(COc1ccc(F)cc1-c1ccnn1-c1ccccc1)N/N=C/c1coc2ccccc2c1=O. The summed E-state index contributed by atoms with van der Waals surface area (Å²) in [7, 11) is 0. The molecule has 0 atom stereocenters. The van der Waals surface area contributed by atoms with Gasteiger partial charge in [0, 0.05) is 5.56 Å². The highest BCUT2D eigenvalue weighted by Gasteiger charge is 2.15. The van der Waals surface area contributed by atoms with Gasteiger partial charge < -0.3 is 9.15 Å². The van der Waals surface area contributed by atoms with Crippen molar-refractivity contribution in [2.45, 2.75) is 0 Å². The van der Waals surface area contributed by atoms with Gasteiger partial charge in [-0.3, -0.25) is 9.59 Å². The topological polar surface area (TPSA) is 98.7 Å². The molecule has 0 saturated carbocycles. The van der Waals surface area contributed by atoms with E-state index in [2.05, 4.69) is 15.6 Å². The van der Waals surface area contributed by atoms with Gasteiger partial charge in [-0.05, 0) is 48.5 Å². The molecule has 2 heterocycles. The summed E-state index contributed by atoms with van der Waals surface area (Å²) in [6.07, 6.45) is 4.08. The largest absolute Gasteiger partial charge is 0.483 e. The lowest BCUT2D eigenvalue weighted by Crippen LogP contribution is -2.25. The molecule has 9 heteroatoms. The van der Waals surface area contributed by atoms with Crippen molar-refractivity contribution in [1.82, 2.24) is 15.2 Å². The third-order valence-corrected chi connectivity index (χ3v) is 5.32. The minimum absolute atomic E-state index is 0.185. The maximum atomic E-state index is 14.1. The number of benzene rings is 3. The van der Waals surface area contributed by atoms with Crippen molar-refractivity contribution in [1.29, 1.82) is 0 Å². The van der Waals surface area contributed by atoms with E-state index in [-0.39, 0.29) is 17.6 Å². The van der Waals surface area contributed by atoms with Gasteiger partial charge >= 0.3 is 0 Å². The molecule has 0 aliphatic carbocycles. The molecule has 1 N–H and O–H groups in total. The molecule has 0 aliphatic rings. The maximum absolute atomic E-state index is 14.1. The number of hydrogen-bond acceptors (Lipinski definition) is 6. The Morgan fingerprint density at radius 1 is 1.08 bits per heavy atom. The van der Waals surface area contributed by atoms with E-state index in [9.17, 15) is 14.0 Å². The molecular weight excluding hydrogens is 463 g/mol. The minimum atomic E-state index is -0.566. The number of nitrogens with zero attached hydrogens (tertiary/aromatic N) is 3. The first-order valence-electron chi connectivity index (χ1n) is 10.9. The molecule has 36 heavy (non-hydrogen) atoms. The van der Waals surface area contributed by atoms with Gasteiger partial charge in [-0.1, -0.05) is 30.3 Å². The van der Waals surface area contributed by atoms with Crippen LogP contribution in [0.3, 0.4) is 0 Å². The maximum Gasteiger partial charge on any atom is 0.277 e. The zero-order valence-corrected chi connectivity index (χ0v) is 18.8. The average Bonchev–Trinajstić information content (AvgIpc) is 3.40. The van der Waals surface area contributed by atoms with Crippen molar-refractivity contribution in [3.8, 4) is 22.7 Å². The fourth-order valence-corrected chi connectivity index (χ4v) is 3.64. The molecule has 3 aromatic carbocycles. The molecule has 0 aliphatic heterocycles. The number of amides is 1. The first-order chi connectivity index (χ1) is 17.6. The van der Waals surface area contributed by atoms with Gasteiger partial charge in [-0.2, -0.15) is 10.2 Å². The minimum Gasteiger partial charge on any atom is -0.483 e. The molecule has 0 unspecified atom stereocenters. The summed E-state index contributed by atoms with van der Waals surface area (Å²) in [5.74, 6) is -0.729. The lowest BCUT2D eigenvalue weighted by molar-refractivity contribution is -0.123. The highest BCUT2D eigenvalue weighted by Crippen LogP contribution is 2.32. The summed E-state index contributed by atoms with van der Waals surface area (Å²) in [5, 5.41) is 8.57. The third-order valence-electron chi connectivity index (χ3n) is 5.32. The second kappa shape index (κ2) is 10.1. The number of fused-ring (bicyclic) bond motifs is 1.